The minimum absolute atomic E-state index is 0.0512. The van der Waals surface area contributed by atoms with E-state index in [4.69, 9.17) is 4.98 Å². The third kappa shape index (κ3) is 2.84. The zero-order valence-electron chi connectivity index (χ0n) is 14.0. The van der Waals surface area contributed by atoms with Crippen LogP contribution >= 0.6 is 0 Å². The van der Waals surface area contributed by atoms with Gasteiger partial charge in [-0.1, -0.05) is 12.1 Å². The molecular weight excluding hydrogens is 319 g/mol. The van der Waals surface area contributed by atoms with Gasteiger partial charge < -0.3 is 14.4 Å². The lowest BCUT2D eigenvalue weighted by atomic mass is 10.2. The number of carbonyl (C=O) groups excluding carboxylic acids is 1. The molecule has 0 saturated carbocycles. The van der Waals surface area contributed by atoms with Gasteiger partial charge in [-0.25, -0.2) is 9.37 Å². The maximum atomic E-state index is 13.0. The molecule has 4 rings (SSSR count). The van der Waals surface area contributed by atoms with Gasteiger partial charge in [0.1, 0.15) is 5.82 Å². The minimum Gasteiger partial charge on any atom is -0.339 e. The highest BCUT2D eigenvalue weighted by atomic mass is 19.1. The number of benzene rings is 2. The van der Waals surface area contributed by atoms with Crippen LogP contribution in [0.5, 0.6) is 0 Å². The molecule has 1 fully saturated rings. The van der Waals surface area contributed by atoms with E-state index in [2.05, 4.69) is 15.5 Å². The summed E-state index contributed by atoms with van der Waals surface area (Å²) in [6.07, 6.45) is 0. The molecule has 0 unspecified atom stereocenters. The predicted octanol–water partition coefficient (Wildman–Crippen LogP) is 2.67. The van der Waals surface area contributed by atoms with Crippen molar-refractivity contribution in [2.75, 3.05) is 31.1 Å². The third-order valence-electron chi connectivity index (χ3n) is 4.70. The second-order valence-corrected chi connectivity index (χ2v) is 6.25. The maximum absolute atomic E-state index is 13.0. The number of aromatic nitrogens is 2. The molecule has 2 heterocycles. The monoisotopic (exact) mass is 338 g/mol. The molecule has 1 aliphatic heterocycles. The number of piperazine rings is 1. The molecular formula is C19H19FN4O. The number of imidazole rings is 1. The van der Waals surface area contributed by atoms with Crippen molar-refractivity contribution in [3.63, 3.8) is 0 Å². The smallest absolute Gasteiger partial charge is 0.253 e. The van der Waals surface area contributed by atoms with Gasteiger partial charge in [0.05, 0.1) is 11.0 Å². The highest BCUT2D eigenvalue weighted by Crippen LogP contribution is 2.22. The summed E-state index contributed by atoms with van der Waals surface area (Å²) in [6, 6.07) is 13.8. The number of rotatable bonds is 2. The fourth-order valence-corrected chi connectivity index (χ4v) is 3.30. The summed E-state index contributed by atoms with van der Waals surface area (Å²) in [5.74, 6) is 0.544. The highest BCUT2D eigenvalue weighted by Gasteiger charge is 2.24. The van der Waals surface area contributed by atoms with Gasteiger partial charge in [-0.2, -0.15) is 0 Å². The number of hydrogen-bond acceptors (Lipinski definition) is 3. The zero-order chi connectivity index (χ0) is 17.4. The molecule has 2 aromatic carbocycles. The summed E-state index contributed by atoms with van der Waals surface area (Å²) < 4.78 is 15.1. The quantitative estimate of drug-likeness (QED) is 0.721. The molecule has 1 saturated heterocycles. The first-order valence-corrected chi connectivity index (χ1v) is 8.35. The van der Waals surface area contributed by atoms with Gasteiger partial charge in [-0.05, 0) is 36.4 Å². The van der Waals surface area contributed by atoms with Crippen LogP contribution in [0, 0.1) is 5.82 Å². The lowest BCUT2D eigenvalue weighted by Gasteiger charge is -2.35. The van der Waals surface area contributed by atoms with E-state index in [1.807, 2.05) is 30.1 Å². The second kappa shape index (κ2) is 6.20. The van der Waals surface area contributed by atoms with Crippen LogP contribution in [-0.4, -0.2) is 46.5 Å². The molecule has 1 amide bonds. The number of halogens is 1. The summed E-state index contributed by atoms with van der Waals surface area (Å²) in [5.41, 5.74) is 2.60. The second-order valence-electron chi connectivity index (χ2n) is 6.25. The standard InChI is InChI=1S/C19H19FN4O/c1-22-17-5-3-2-4-16(17)21-19(22)24-12-10-23(11-13-24)18(25)14-6-8-15(20)9-7-14/h2-9H,10-13H2,1H3. The van der Waals surface area contributed by atoms with Crippen LogP contribution in [0.4, 0.5) is 10.3 Å². The van der Waals surface area contributed by atoms with E-state index in [-0.39, 0.29) is 11.7 Å². The van der Waals surface area contributed by atoms with E-state index >= 15 is 0 Å². The van der Waals surface area contributed by atoms with Gasteiger partial charge in [-0.15, -0.1) is 0 Å². The molecule has 5 nitrogen and oxygen atoms in total. The molecule has 0 N–H and O–H groups in total. The van der Waals surface area contributed by atoms with Gasteiger partial charge in [0.2, 0.25) is 5.95 Å². The van der Waals surface area contributed by atoms with Crippen molar-refractivity contribution in [3.8, 4) is 0 Å². The van der Waals surface area contributed by atoms with Crippen molar-refractivity contribution in [2.24, 2.45) is 7.05 Å². The van der Waals surface area contributed by atoms with Crippen LogP contribution in [0.15, 0.2) is 48.5 Å². The Bertz CT molecular complexity index is 911. The first kappa shape index (κ1) is 15.6. The Balaban J connectivity index is 1.48. The molecule has 0 spiro atoms. The average Bonchev–Trinajstić information content (AvgIpc) is 2.99. The Morgan fingerprint density at radius 1 is 1.00 bits per heavy atom. The molecule has 128 valence electrons. The summed E-state index contributed by atoms with van der Waals surface area (Å²) in [5, 5.41) is 0. The van der Waals surface area contributed by atoms with E-state index in [1.54, 1.807) is 0 Å². The first-order valence-electron chi connectivity index (χ1n) is 8.35. The van der Waals surface area contributed by atoms with Crippen LogP contribution in [0.1, 0.15) is 10.4 Å². The number of amides is 1. The van der Waals surface area contributed by atoms with Gasteiger partial charge in [-0.3, -0.25) is 4.79 Å². The van der Waals surface area contributed by atoms with Crippen molar-refractivity contribution >= 4 is 22.9 Å². The predicted molar refractivity (Wildman–Crippen MR) is 95.2 cm³/mol. The SMILES string of the molecule is Cn1c(N2CCN(C(=O)c3ccc(F)cc3)CC2)nc2ccccc21. The molecule has 25 heavy (non-hydrogen) atoms. The van der Waals surface area contributed by atoms with Crippen LogP contribution in [0.25, 0.3) is 11.0 Å². The Labute approximate surface area is 145 Å². The van der Waals surface area contributed by atoms with Crippen molar-refractivity contribution in [1.82, 2.24) is 14.5 Å². The first-order chi connectivity index (χ1) is 12.1. The Morgan fingerprint density at radius 3 is 2.36 bits per heavy atom. The number of carbonyl (C=O) groups is 1. The molecule has 0 aliphatic carbocycles. The van der Waals surface area contributed by atoms with Gasteiger partial charge >= 0.3 is 0 Å². The number of fused-ring (bicyclic) bond motifs is 1. The number of anilines is 1. The topological polar surface area (TPSA) is 41.4 Å². The average molecular weight is 338 g/mol. The van der Waals surface area contributed by atoms with Crippen LogP contribution < -0.4 is 4.90 Å². The largest absolute Gasteiger partial charge is 0.339 e. The summed E-state index contributed by atoms with van der Waals surface area (Å²) in [4.78, 5) is 21.3. The number of hydrogen-bond donors (Lipinski definition) is 0. The summed E-state index contributed by atoms with van der Waals surface area (Å²) in [6.45, 7) is 2.70. The maximum Gasteiger partial charge on any atom is 0.253 e. The van der Waals surface area contributed by atoms with Gasteiger partial charge in [0.25, 0.3) is 5.91 Å². The van der Waals surface area contributed by atoms with Crippen LogP contribution in [-0.2, 0) is 7.05 Å². The molecule has 0 atom stereocenters. The lowest BCUT2D eigenvalue weighted by molar-refractivity contribution is 0.0746. The van der Waals surface area contributed by atoms with Crippen LogP contribution in [0.2, 0.25) is 0 Å². The van der Waals surface area contributed by atoms with Crippen molar-refractivity contribution in [2.45, 2.75) is 0 Å². The fraction of sp³-hybridized carbons (Fsp3) is 0.263. The van der Waals surface area contributed by atoms with Gasteiger partial charge in [0.15, 0.2) is 0 Å². The molecule has 1 aromatic heterocycles. The molecule has 0 radical (unpaired) electrons. The van der Waals surface area contributed by atoms with E-state index in [1.165, 1.54) is 24.3 Å². The number of aryl methyl sites for hydroxylation is 1. The van der Waals surface area contributed by atoms with E-state index < -0.39 is 0 Å². The lowest BCUT2D eigenvalue weighted by Crippen LogP contribution is -2.49. The fourth-order valence-electron chi connectivity index (χ4n) is 3.30. The Kier molecular flexibility index (Phi) is 3.87. The summed E-state index contributed by atoms with van der Waals surface area (Å²) in [7, 11) is 2.01. The zero-order valence-corrected chi connectivity index (χ0v) is 14.0. The normalized spacial score (nSPS) is 15.0. The van der Waals surface area contributed by atoms with Crippen molar-refractivity contribution in [3.05, 3.63) is 59.9 Å². The van der Waals surface area contributed by atoms with E-state index in [0.717, 1.165) is 30.1 Å². The molecule has 1 aliphatic rings. The molecule has 3 aromatic rings. The van der Waals surface area contributed by atoms with E-state index in [9.17, 15) is 9.18 Å². The highest BCUT2D eigenvalue weighted by molar-refractivity contribution is 5.94. The Morgan fingerprint density at radius 2 is 1.68 bits per heavy atom. The van der Waals surface area contributed by atoms with Crippen molar-refractivity contribution in [1.29, 1.82) is 0 Å². The van der Waals surface area contributed by atoms with Crippen LogP contribution in [0.3, 0.4) is 0 Å². The number of nitrogens with zero attached hydrogens (tertiary/aromatic N) is 4. The van der Waals surface area contributed by atoms with Gasteiger partial charge in [0, 0.05) is 38.8 Å². The molecule has 6 heteroatoms. The Hall–Kier alpha value is -2.89. The van der Waals surface area contributed by atoms with E-state index in [0.29, 0.717) is 18.7 Å². The van der Waals surface area contributed by atoms with Crippen molar-refractivity contribution < 1.29 is 9.18 Å². The third-order valence-corrected chi connectivity index (χ3v) is 4.70. The number of para-hydroxylation sites is 2. The summed E-state index contributed by atoms with van der Waals surface area (Å²) >= 11 is 0. The minimum atomic E-state index is -0.330. The molecule has 0 bridgehead atoms.